The molecule has 2 aromatic rings. The largest absolute Gasteiger partial charge is 0.361 e. The Kier molecular flexibility index (Phi) is 5.48. The standard InChI is InChI=1S/C21H23ClN4O3Si/c1-30(2,3)7-6-29-13-26-10-15(12-27)20-21(26)23-8-18(24-20)25-9-14-4-5-17(28)19(22)16(14)11-25/h4-5,8-10,12H,6-7,11,13H2,1-3H3. The highest BCUT2D eigenvalue weighted by Gasteiger charge is 2.27. The minimum atomic E-state index is -1.16. The van der Waals surface area contributed by atoms with Gasteiger partial charge in [-0.15, -0.1) is 0 Å². The second-order valence-corrected chi connectivity index (χ2v) is 14.6. The second kappa shape index (κ2) is 7.94. The minimum Gasteiger partial charge on any atom is -0.361 e. The molecule has 9 heteroatoms. The normalized spacial score (nSPS) is 16.5. The molecule has 0 saturated carbocycles. The van der Waals surface area contributed by atoms with Crippen molar-refractivity contribution in [2.75, 3.05) is 18.1 Å². The monoisotopic (exact) mass is 442 g/mol. The van der Waals surface area contributed by atoms with E-state index in [-0.39, 0.29) is 10.8 Å². The lowest BCUT2D eigenvalue weighted by atomic mass is 10.0. The molecule has 0 aromatic carbocycles. The summed E-state index contributed by atoms with van der Waals surface area (Å²) in [7, 11) is -1.16. The molecule has 0 amide bonds. The van der Waals surface area contributed by atoms with Crippen molar-refractivity contribution >= 4 is 48.7 Å². The summed E-state index contributed by atoms with van der Waals surface area (Å²) < 4.78 is 7.62. The number of ketones is 1. The molecule has 0 fully saturated rings. The molecule has 1 aliphatic carbocycles. The lowest BCUT2D eigenvalue weighted by Gasteiger charge is -2.16. The third-order valence-electron chi connectivity index (χ3n) is 5.10. The number of fused-ring (bicyclic) bond motifs is 2. The Morgan fingerprint density at radius 1 is 1.30 bits per heavy atom. The van der Waals surface area contributed by atoms with Gasteiger partial charge in [-0.05, 0) is 23.8 Å². The fraction of sp³-hybridized carbons (Fsp3) is 0.333. The number of anilines is 1. The van der Waals surface area contributed by atoms with Crippen molar-refractivity contribution in [1.82, 2.24) is 14.5 Å². The van der Waals surface area contributed by atoms with Crippen molar-refractivity contribution in [1.29, 1.82) is 0 Å². The fourth-order valence-corrected chi connectivity index (χ4v) is 4.35. The zero-order valence-corrected chi connectivity index (χ0v) is 18.9. The van der Waals surface area contributed by atoms with Crippen molar-refractivity contribution in [3.8, 4) is 0 Å². The van der Waals surface area contributed by atoms with E-state index in [2.05, 4.69) is 29.6 Å². The van der Waals surface area contributed by atoms with Crippen LogP contribution in [0.5, 0.6) is 0 Å². The molecule has 0 N–H and O–H groups in total. The van der Waals surface area contributed by atoms with Gasteiger partial charge in [0.2, 0.25) is 0 Å². The third-order valence-corrected chi connectivity index (χ3v) is 7.21. The van der Waals surface area contributed by atoms with E-state index < -0.39 is 8.07 Å². The summed E-state index contributed by atoms with van der Waals surface area (Å²) in [5.41, 5.74) is 3.24. The van der Waals surface area contributed by atoms with E-state index in [9.17, 15) is 9.59 Å². The maximum atomic E-state index is 11.8. The lowest BCUT2D eigenvalue weighted by molar-refractivity contribution is -0.110. The van der Waals surface area contributed by atoms with Crippen LogP contribution in [0, 0.1) is 0 Å². The summed E-state index contributed by atoms with van der Waals surface area (Å²) in [6, 6.07) is 1.07. The first-order chi connectivity index (χ1) is 14.3. The molecule has 156 valence electrons. The first kappa shape index (κ1) is 20.7. The number of nitrogens with zero attached hydrogens (tertiary/aromatic N) is 4. The highest BCUT2D eigenvalue weighted by Crippen LogP contribution is 2.33. The van der Waals surface area contributed by atoms with Crippen molar-refractivity contribution in [3.63, 3.8) is 0 Å². The van der Waals surface area contributed by atoms with Gasteiger partial charge in [0.15, 0.2) is 23.5 Å². The quantitative estimate of drug-likeness (QED) is 0.367. The maximum Gasteiger partial charge on any atom is 0.197 e. The van der Waals surface area contributed by atoms with Crippen molar-refractivity contribution in [3.05, 3.63) is 52.5 Å². The first-order valence-corrected chi connectivity index (χ1v) is 13.8. The van der Waals surface area contributed by atoms with Crippen molar-refractivity contribution in [2.45, 2.75) is 32.4 Å². The molecule has 2 aliphatic rings. The van der Waals surface area contributed by atoms with E-state index in [0.717, 1.165) is 23.5 Å². The van der Waals surface area contributed by atoms with Gasteiger partial charge in [0, 0.05) is 32.7 Å². The average molecular weight is 443 g/mol. The topological polar surface area (TPSA) is 77.3 Å². The van der Waals surface area contributed by atoms with Crippen LogP contribution in [0.4, 0.5) is 5.82 Å². The Morgan fingerprint density at radius 2 is 2.10 bits per heavy atom. The molecule has 7 nitrogen and oxygen atoms in total. The number of carbonyl (C=O) groups is 2. The maximum absolute atomic E-state index is 11.8. The number of ether oxygens (including phenoxy) is 1. The van der Waals surface area contributed by atoms with Crippen LogP contribution >= 0.6 is 11.6 Å². The molecule has 0 unspecified atom stereocenters. The second-order valence-electron chi connectivity index (χ2n) is 8.62. The lowest BCUT2D eigenvalue weighted by Crippen LogP contribution is -2.22. The van der Waals surface area contributed by atoms with Crippen molar-refractivity contribution in [2.24, 2.45) is 0 Å². The van der Waals surface area contributed by atoms with Crippen LogP contribution in [-0.2, 0) is 16.3 Å². The van der Waals surface area contributed by atoms with E-state index in [1.165, 1.54) is 6.08 Å². The Balaban J connectivity index is 1.58. The number of carbonyl (C=O) groups excluding carboxylic acids is 2. The van der Waals surface area contributed by atoms with Gasteiger partial charge in [0.05, 0.1) is 23.3 Å². The number of halogens is 1. The highest BCUT2D eigenvalue weighted by atomic mass is 35.5. The number of hydrogen-bond acceptors (Lipinski definition) is 6. The zero-order valence-electron chi connectivity index (χ0n) is 17.2. The highest BCUT2D eigenvalue weighted by molar-refractivity contribution is 6.76. The van der Waals surface area contributed by atoms with Crippen LogP contribution in [0.2, 0.25) is 25.7 Å². The molecular weight excluding hydrogens is 420 g/mol. The Morgan fingerprint density at radius 3 is 2.83 bits per heavy atom. The van der Waals surface area contributed by atoms with Gasteiger partial charge < -0.3 is 14.2 Å². The molecule has 0 bridgehead atoms. The molecule has 0 radical (unpaired) electrons. The van der Waals surface area contributed by atoms with Gasteiger partial charge in [-0.1, -0.05) is 31.2 Å². The van der Waals surface area contributed by atoms with Gasteiger partial charge in [-0.25, -0.2) is 9.97 Å². The summed E-state index contributed by atoms with van der Waals surface area (Å²) in [5.74, 6) is 0.393. The molecule has 4 rings (SSSR count). The van der Waals surface area contributed by atoms with E-state index in [1.54, 1.807) is 18.5 Å². The van der Waals surface area contributed by atoms with Crippen LogP contribution in [0.15, 0.2) is 46.9 Å². The van der Waals surface area contributed by atoms with Gasteiger partial charge in [-0.2, -0.15) is 0 Å². The smallest absolute Gasteiger partial charge is 0.197 e. The summed E-state index contributed by atoms with van der Waals surface area (Å²) in [6.07, 6.45) is 9.25. The Hall–Kier alpha value is -2.55. The molecule has 0 atom stereocenters. The van der Waals surface area contributed by atoms with Gasteiger partial charge in [0.25, 0.3) is 0 Å². The molecule has 0 saturated heterocycles. The van der Waals surface area contributed by atoms with Crippen LogP contribution in [0.1, 0.15) is 10.4 Å². The summed E-state index contributed by atoms with van der Waals surface area (Å²) in [4.78, 5) is 34.5. The van der Waals surface area contributed by atoms with Gasteiger partial charge in [0.1, 0.15) is 12.2 Å². The molecule has 2 aromatic heterocycles. The van der Waals surface area contributed by atoms with Gasteiger partial charge >= 0.3 is 0 Å². The minimum absolute atomic E-state index is 0.193. The molecule has 3 heterocycles. The van der Waals surface area contributed by atoms with Crippen LogP contribution in [-0.4, -0.2) is 47.8 Å². The van der Waals surface area contributed by atoms with E-state index >= 15 is 0 Å². The Labute approximate surface area is 180 Å². The summed E-state index contributed by atoms with van der Waals surface area (Å²) in [6.45, 7) is 8.35. The fourth-order valence-electron chi connectivity index (χ4n) is 3.36. The van der Waals surface area contributed by atoms with Crippen LogP contribution in [0.3, 0.4) is 0 Å². The van der Waals surface area contributed by atoms with Gasteiger partial charge in [-0.3, -0.25) is 9.59 Å². The number of allylic oxidation sites excluding steroid dienone is 3. The van der Waals surface area contributed by atoms with Crippen LogP contribution < -0.4 is 4.90 Å². The van der Waals surface area contributed by atoms with E-state index in [0.29, 0.717) is 42.4 Å². The molecule has 0 spiro atoms. The SMILES string of the molecule is C[Si](C)(C)CCOCn1cc(C=O)c2nc(N3C=C4C=CC(=O)C(Cl)=C4C3)cnc21. The summed E-state index contributed by atoms with van der Waals surface area (Å²) >= 11 is 6.17. The molecular formula is C21H23ClN4O3Si. The molecule has 30 heavy (non-hydrogen) atoms. The van der Waals surface area contributed by atoms with E-state index in [1.807, 2.05) is 15.7 Å². The number of rotatable bonds is 7. The third kappa shape index (κ3) is 4.03. The van der Waals surface area contributed by atoms with Crippen LogP contribution in [0.25, 0.3) is 11.2 Å². The predicted molar refractivity (Wildman–Crippen MR) is 119 cm³/mol. The number of hydrogen-bond donors (Lipinski definition) is 0. The molecule has 1 aliphatic heterocycles. The van der Waals surface area contributed by atoms with Crippen molar-refractivity contribution < 1.29 is 14.3 Å². The van der Waals surface area contributed by atoms with E-state index in [4.69, 9.17) is 16.3 Å². The number of aromatic nitrogens is 3. The number of aldehydes is 1. The average Bonchev–Trinajstić information content (AvgIpc) is 3.29. The predicted octanol–water partition coefficient (Wildman–Crippen LogP) is 3.89. The Bertz CT molecular complexity index is 1130. The zero-order chi connectivity index (χ0) is 21.5. The first-order valence-electron chi connectivity index (χ1n) is 9.75. The summed E-state index contributed by atoms with van der Waals surface area (Å²) in [5, 5.41) is 0.232.